The van der Waals surface area contributed by atoms with E-state index in [4.69, 9.17) is 0 Å². The molecule has 27 heavy (non-hydrogen) atoms. The molecule has 0 saturated heterocycles. The maximum atomic E-state index is 12.9. The van der Waals surface area contributed by atoms with E-state index in [0.717, 1.165) is 24.8 Å². The second-order valence-electron chi connectivity index (χ2n) is 5.79. The van der Waals surface area contributed by atoms with Gasteiger partial charge in [-0.1, -0.05) is 6.07 Å². The highest BCUT2D eigenvalue weighted by Gasteiger charge is 2.29. The zero-order chi connectivity index (χ0) is 19.7. The van der Waals surface area contributed by atoms with Crippen molar-refractivity contribution in [2.24, 2.45) is 0 Å². The molecule has 1 heterocycles. The number of carbonyl (C=O) groups is 2. The third kappa shape index (κ3) is 3.32. The Balaban J connectivity index is 2.04. The molecule has 0 radical (unpaired) electrons. The Bertz CT molecular complexity index is 986. The smallest absolute Gasteiger partial charge is 0.338 e. The van der Waals surface area contributed by atoms with Gasteiger partial charge in [0.25, 0.3) is 17.3 Å². The summed E-state index contributed by atoms with van der Waals surface area (Å²) in [6.45, 7) is 0.269. The molecule has 0 spiro atoms. The van der Waals surface area contributed by atoms with E-state index in [2.05, 4.69) is 4.74 Å². The van der Waals surface area contributed by atoms with E-state index >= 15 is 0 Å². The first-order valence-electron chi connectivity index (χ1n) is 7.79. The highest BCUT2D eigenvalue weighted by Crippen LogP contribution is 2.33. The molecule has 0 aromatic heterocycles. The van der Waals surface area contributed by atoms with Gasteiger partial charge in [-0.3, -0.25) is 25.0 Å². The topological polar surface area (TPSA) is 133 Å². The molecule has 0 atom stereocenters. The summed E-state index contributed by atoms with van der Waals surface area (Å²) >= 11 is 0. The lowest BCUT2D eigenvalue weighted by Crippen LogP contribution is -2.29. The lowest BCUT2D eigenvalue weighted by atomic mass is 10.1. The Hall–Kier alpha value is -3.82. The Labute approximate surface area is 152 Å². The monoisotopic (exact) mass is 371 g/mol. The molecule has 2 aromatic rings. The Morgan fingerprint density at radius 2 is 1.67 bits per heavy atom. The molecule has 0 saturated carbocycles. The van der Waals surface area contributed by atoms with Gasteiger partial charge in [-0.2, -0.15) is 0 Å². The summed E-state index contributed by atoms with van der Waals surface area (Å²) in [6.07, 6.45) is 0.498. The summed E-state index contributed by atoms with van der Waals surface area (Å²) in [4.78, 5) is 46.8. The molecule has 0 bridgehead atoms. The van der Waals surface area contributed by atoms with Crippen molar-refractivity contribution in [2.75, 3.05) is 18.6 Å². The minimum atomic E-state index is -0.815. The van der Waals surface area contributed by atoms with Gasteiger partial charge in [0.1, 0.15) is 0 Å². The Morgan fingerprint density at radius 3 is 2.30 bits per heavy atom. The van der Waals surface area contributed by atoms with E-state index in [1.54, 1.807) is 6.07 Å². The van der Waals surface area contributed by atoms with Gasteiger partial charge in [0.15, 0.2) is 0 Å². The summed E-state index contributed by atoms with van der Waals surface area (Å²) in [5, 5.41) is 22.1. The molecule has 10 nitrogen and oxygen atoms in total. The molecule has 1 aliphatic heterocycles. The molecule has 0 unspecified atom stereocenters. The fraction of sp³-hybridized carbons (Fsp3) is 0.176. The summed E-state index contributed by atoms with van der Waals surface area (Å²) in [5.41, 5.74) is 0.327. The second kappa shape index (κ2) is 6.83. The maximum Gasteiger partial charge on any atom is 0.338 e. The molecule has 0 fully saturated rings. The van der Waals surface area contributed by atoms with Crippen LogP contribution in [0.25, 0.3) is 0 Å². The summed E-state index contributed by atoms with van der Waals surface area (Å²) in [7, 11) is 1.12. The summed E-state index contributed by atoms with van der Waals surface area (Å²) in [6, 6.07) is 7.51. The largest absolute Gasteiger partial charge is 0.465 e. The van der Waals surface area contributed by atoms with Gasteiger partial charge in [-0.05, 0) is 18.1 Å². The van der Waals surface area contributed by atoms with Crippen LogP contribution in [0.4, 0.5) is 17.1 Å². The van der Waals surface area contributed by atoms with E-state index in [1.165, 1.54) is 23.1 Å². The number of methoxy groups -OCH3 is 1. The predicted octanol–water partition coefficient (Wildman–Crippen LogP) is 2.49. The van der Waals surface area contributed by atoms with Gasteiger partial charge >= 0.3 is 5.97 Å². The minimum absolute atomic E-state index is 0.0797. The molecule has 1 amide bonds. The number of non-ortho nitro benzene ring substituents is 2. The van der Waals surface area contributed by atoms with Crippen molar-refractivity contribution < 1.29 is 24.2 Å². The third-order valence-electron chi connectivity index (χ3n) is 4.22. The number of fused-ring (bicyclic) bond motifs is 1. The van der Waals surface area contributed by atoms with Crippen molar-refractivity contribution in [2.45, 2.75) is 6.42 Å². The third-order valence-corrected chi connectivity index (χ3v) is 4.22. The van der Waals surface area contributed by atoms with Gasteiger partial charge < -0.3 is 9.64 Å². The van der Waals surface area contributed by atoms with Crippen molar-refractivity contribution >= 4 is 28.9 Å². The number of carbonyl (C=O) groups excluding carboxylic acids is 2. The van der Waals surface area contributed by atoms with Crippen LogP contribution in [0.15, 0.2) is 36.4 Å². The zero-order valence-electron chi connectivity index (χ0n) is 14.1. The van der Waals surface area contributed by atoms with Crippen molar-refractivity contribution in [1.29, 1.82) is 0 Å². The van der Waals surface area contributed by atoms with Crippen LogP contribution >= 0.6 is 0 Å². The number of anilines is 1. The number of hydrogen-bond acceptors (Lipinski definition) is 7. The second-order valence-corrected chi connectivity index (χ2v) is 5.79. The average Bonchev–Trinajstić information content (AvgIpc) is 3.09. The highest BCUT2D eigenvalue weighted by molar-refractivity contribution is 6.09. The first-order valence-corrected chi connectivity index (χ1v) is 7.79. The van der Waals surface area contributed by atoms with Crippen LogP contribution in [-0.4, -0.2) is 35.4 Å². The first-order chi connectivity index (χ1) is 12.8. The number of ether oxygens (including phenoxy) is 1. The van der Waals surface area contributed by atoms with Crippen LogP contribution in [0, 0.1) is 20.2 Å². The fourth-order valence-corrected chi connectivity index (χ4v) is 2.92. The summed E-state index contributed by atoms with van der Waals surface area (Å²) in [5.74, 6) is -1.41. The van der Waals surface area contributed by atoms with Crippen molar-refractivity contribution in [3.05, 3.63) is 73.3 Å². The molecule has 2 aromatic carbocycles. The number of nitro benzene ring substituents is 2. The van der Waals surface area contributed by atoms with Crippen LogP contribution in [0.1, 0.15) is 26.3 Å². The zero-order valence-corrected chi connectivity index (χ0v) is 14.1. The molecule has 3 rings (SSSR count). The van der Waals surface area contributed by atoms with Crippen molar-refractivity contribution in [3.8, 4) is 0 Å². The van der Waals surface area contributed by atoms with Gasteiger partial charge in [-0.25, -0.2) is 4.79 Å². The van der Waals surface area contributed by atoms with Gasteiger partial charge in [-0.15, -0.1) is 0 Å². The van der Waals surface area contributed by atoms with Crippen molar-refractivity contribution in [1.82, 2.24) is 0 Å². The number of rotatable bonds is 4. The minimum Gasteiger partial charge on any atom is -0.465 e. The van der Waals surface area contributed by atoms with Gasteiger partial charge in [0, 0.05) is 36.4 Å². The number of nitrogens with zero attached hydrogens (tertiary/aromatic N) is 3. The Kier molecular flexibility index (Phi) is 4.55. The highest BCUT2D eigenvalue weighted by atomic mass is 16.6. The van der Waals surface area contributed by atoms with E-state index in [-0.39, 0.29) is 23.4 Å². The van der Waals surface area contributed by atoms with Crippen LogP contribution in [-0.2, 0) is 11.2 Å². The summed E-state index contributed by atoms with van der Waals surface area (Å²) < 4.78 is 4.57. The maximum absolute atomic E-state index is 12.9. The number of esters is 1. The molecule has 0 aliphatic carbocycles. The molecule has 0 N–H and O–H groups in total. The van der Waals surface area contributed by atoms with E-state index < -0.39 is 27.4 Å². The van der Waals surface area contributed by atoms with E-state index in [0.29, 0.717) is 12.1 Å². The predicted molar refractivity (Wildman–Crippen MR) is 92.9 cm³/mol. The van der Waals surface area contributed by atoms with Crippen LogP contribution in [0.3, 0.4) is 0 Å². The average molecular weight is 371 g/mol. The van der Waals surface area contributed by atoms with Gasteiger partial charge in [0.2, 0.25) is 0 Å². The number of benzene rings is 2. The van der Waals surface area contributed by atoms with Crippen LogP contribution < -0.4 is 4.90 Å². The lowest BCUT2D eigenvalue weighted by Gasteiger charge is -2.17. The van der Waals surface area contributed by atoms with E-state index in [9.17, 15) is 29.8 Å². The molecule has 1 aliphatic rings. The van der Waals surface area contributed by atoms with Crippen LogP contribution in [0.2, 0.25) is 0 Å². The quantitative estimate of drug-likeness (QED) is 0.458. The molecular formula is C17H13N3O7. The number of nitro groups is 2. The lowest BCUT2D eigenvalue weighted by molar-refractivity contribution is -0.385. The normalized spacial score (nSPS) is 12.4. The Morgan fingerprint density at radius 1 is 1.00 bits per heavy atom. The van der Waals surface area contributed by atoms with E-state index in [1.807, 2.05) is 0 Å². The first kappa shape index (κ1) is 18.0. The van der Waals surface area contributed by atoms with Crippen molar-refractivity contribution in [3.63, 3.8) is 0 Å². The van der Waals surface area contributed by atoms with Gasteiger partial charge in [0.05, 0.1) is 28.2 Å². The number of hydrogen-bond donors (Lipinski definition) is 0. The number of amides is 1. The standard InChI is InChI=1S/C17H13N3O7/c1-27-17(22)12-6-11(7-14(8-12)20(25)26)16(21)18-5-4-10-2-3-13(19(23)24)9-15(10)18/h2-3,6-9H,4-5H2,1H3. The molecule has 138 valence electrons. The van der Waals surface area contributed by atoms with Crippen LogP contribution in [0.5, 0.6) is 0 Å². The SMILES string of the molecule is COC(=O)c1cc(C(=O)N2CCc3ccc([N+](=O)[O-])cc32)cc([N+](=O)[O-])c1. The fourth-order valence-electron chi connectivity index (χ4n) is 2.92. The molecule has 10 heteroatoms. The molecular weight excluding hydrogens is 358 g/mol.